The zero-order chi connectivity index (χ0) is 23.4. The molecule has 2 aromatic carbocycles. The Morgan fingerprint density at radius 1 is 1.09 bits per heavy atom. The predicted octanol–water partition coefficient (Wildman–Crippen LogP) is 5.32. The second kappa shape index (κ2) is 10.0. The number of hydrogen-bond acceptors (Lipinski definition) is 5. The van der Waals surface area contributed by atoms with Crippen LogP contribution in [0.15, 0.2) is 41.3 Å². The van der Waals surface area contributed by atoms with Crippen molar-refractivity contribution in [2.24, 2.45) is 5.92 Å². The van der Waals surface area contributed by atoms with Gasteiger partial charge in [0, 0.05) is 5.69 Å². The topological polar surface area (TPSA) is 75.7 Å². The van der Waals surface area contributed by atoms with Crippen molar-refractivity contribution in [1.29, 1.82) is 0 Å². The summed E-state index contributed by atoms with van der Waals surface area (Å²) in [6.45, 7) is 10.3. The van der Waals surface area contributed by atoms with Crippen molar-refractivity contribution >= 4 is 40.6 Å². The Balaban J connectivity index is 1.66. The van der Waals surface area contributed by atoms with E-state index in [-0.39, 0.29) is 6.54 Å². The van der Waals surface area contributed by atoms with Crippen LogP contribution in [0.4, 0.5) is 10.5 Å². The van der Waals surface area contributed by atoms with Crippen molar-refractivity contribution < 1.29 is 19.1 Å². The number of thioether (sulfide) groups is 1. The van der Waals surface area contributed by atoms with Crippen molar-refractivity contribution in [2.45, 2.75) is 34.6 Å². The molecule has 3 amide bonds. The number of nitrogens with one attached hydrogen (secondary N) is 1. The number of carbonyl (C=O) groups is 3. The minimum atomic E-state index is -0.465. The molecule has 1 fully saturated rings. The lowest BCUT2D eigenvalue weighted by atomic mass is 10.1. The lowest BCUT2D eigenvalue weighted by Crippen LogP contribution is -2.36. The Kier molecular flexibility index (Phi) is 7.40. The highest BCUT2D eigenvalue weighted by Gasteiger charge is 2.36. The molecular formula is C25H28N2O4S. The molecule has 0 saturated carbocycles. The zero-order valence-corrected chi connectivity index (χ0v) is 19.8. The van der Waals surface area contributed by atoms with Crippen molar-refractivity contribution in [3.63, 3.8) is 0 Å². The van der Waals surface area contributed by atoms with Gasteiger partial charge in [-0.1, -0.05) is 43.7 Å². The van der Waals surface area contributed by atoms with Gasteiger partial charge in [-0.05, 0) is 73.4 Å². The minimum absolute atomic E-state index is 0.293. The molecule has 0 aromatic heterocycles. The fraction of sp³-hybridized carbons (Fsp3) is 0.320. The second-order valence-corrected chi connectivity index (χ2v) is 9.36. The molecule has 6 nitrogen and oxygen atoms in total. The van der Waals surface area contributed by atoms with Gasteiger partial charge in [-0.25, -0.2) is 0 Å². The molecule has 32 heavy (non-hydrogen) atoms. The molecule has 2 aromatic rings. The summed E-state index contributed by atoms with van der Waals surface area (Å²) < 4.78 is 5.66. The van der Waals surface area contributed by atoms with E-state index >= 15 is 0 Å². The molecule has 0 spiro atoms. The van der Waals surface area contributed by atoms with Gasteiger partial charge >= 0.3 is 0 Å². The summed E-state index contributed by atoms with van der Waals surface area (Å²) in [5.41, 5.74) is 4.47. The van der Waals surface area contributed by atoms with E-state index in [1.807, 2.05) is 57.2 Å². The van der Waals surface area contributed by atoms with Crippen molar-refractivity contribution in [3.8, 4) is 5.75 Å². The molecule has 1 N–H and O–H groups in total. The number of imide groups is 1. The fourth-order valence-corrected chi connectivity index (χ4v) is 4.25. The van der Waals surface area contributed by atoms with Gasteiger partial charge < -0.3 is 10.1 Å². The van der Waals surface area contributed by atoms with E-state index in [0.717, 1.165) is 44.7 Å². The summed E-state index contributed by atoms with van der Waals surface area (Å²) in [6, 6.07) is 11.3. The molecule has 1 aliphatic rings. The molecule has 1 heterocycles. The number of carbonyl (C=O) groups excluding carboxylic acids is 3. The van der Waals surface area contributed by atoms with Gasteiger partial charge in [0.05, 0.1) is 11.5 Å². The van der Waals surface area contributed by atoms with Gasteiger partial charge in [0.25, 0.3) is 11.1 Å². The molecule has 0 unspecified atom stereocenters. The number of nitrogens with zero attached hydrogens (tertiary/aromatic N) is 1. The Morgan fingerprint density at radius 2 is 1.72 bits per heavy atom. The third-order valence-electron chi connectivity index (χ3n) is 4.88. The lowest BCUT2D eigenvalue weighted by molar-refractivity contribution is -0.127. The molecule has 0 aliphatic carbocycles. The van der Waals surface area contributed by atoms with E-state index in [0.29, 0.717) is 23.1 Å². The van der Waals surface area contributed by atoms with Crippen LogP contribution in [0.2, 0.25) is 0 Å². The summed E-state index contributed by atoms with van der Waals surface area (Å²) in [7, 11) is 0. The molecule has 0 bridgehead atoms. The van der Waals surface area contributed by atoms with Crippen LogP contribution in [-0.2, 0) is 9.59 Å². The zero-order valence-electron chi connectivity index (χ0n) is 19.0. The number of rotatable bonds is 7. The highest BCUT2D eigenvalue weighted by molar-refractivity contribution is 8.18. The van der Waals surface area contributed by atoms with Crippen LogP contribution in [0.1, 0.15) is 36.1 Å². The molecule has 0 atom stereocenters. The number of benzene rings is 2. The first-order chi connectivity index (χ1) is 15.1. The Morgan fingerprint density at radius 3 is 2.31 bits per heavy atom. The van der Waals surface area contributed by atoms with E-state index in [1.165, 1.54) is 0 Å². The number of hydrogen-bond donors (Lipinski definition) is 1. The van der Waals surface area contributed by atoms with Crippen molar-refractivity contribution in [3.05, 3.63) is 63.6 Å². The van der Waals surface area contributed by atoms with Gasteiger partial charge in [-0.3, -0.25) is 19.3 Å². The standard InChI is InChI=1S/C25H28N2O4S/c1-15(2)14-31-20-8-6-19(7-9-20)12-21-24(29)27(25(30)32-21)13-22(28)26-23-17(4)10-16(3)11-18(23)5/h6-12,15H,13-14H2,1-5H3,(H,26,28)/b21-12-. The SMILES string of the molecule is Cc1cc(C)c(NC(=O)CN2C(=O)S/C(=C\c3ccc(OCC(C)C)cc3)C2=O)c(C)c1. The summed E-state index contributed by atoms with van der Waals surface area (Å²) in [5.74, 6) is 0.308. The first kappa shape index (κ1) is 23.6. The van der Waals surface area contributed by atoms with Crippen LogP contribution in [0.5, 0.6) is 5.75 Å². The summed E-state index contributed by atoms with van der Waals surface area (Å²) >= 11 is 0.839. The Bertz CT molecular complexity index is 1050. The van der Waals surface area contributed by atoms with Crippen LogP contribution < -0.4 is 10.1 Å². The highest BCUT2D eigenvalue weighted by Crippen LogP contribution is 2.32. The maximum absolute atomic E-state index is 12.7. The van der Waals surface area contributed by atoms with E-state index in [2.05, 4.69) is 19.2 Å². The van der Waals surface area contributed by atoms with Gasteiger partial charge in [-0.15, -0.1) is 0 Å². The first-order valence-electron chi connectivity index (χ1n) is 10.5. The maximum Gasteiger partial charge on any atom is 0.294 e. The average molecular weight is 453 g/mol. The summed E-state index contributed by atoms with van der Waals surface area (Å²) in [6.07, 6.45) is 1.66. The normalized spacial score (nSPS) is 15.1. The highest BCUT2D eigenvalue weighted by atomic mass is 32.2. The number of amides is 3. The molecule has 168 valence electrons. The average Bonchev–Trinajstić information content (AvgIpc) is 2.97. The molecule has 3 rings (SSSR count). The van der Waals surface area contributed by atoms with Crippen molar-refractivity contribution in [1.82, 2.24) is 4.90 Å². The maximum atomic E-state index is 12.7. The second-order valence-electron chi connectivity index (χ2n) is 8.36. The quantitative estimate of drug-likeness (QED) is 0.575. The summed E-state index contributed by atoms with van der Waals surface area (Å²) in [4.78, 5) is 39.0. The smallest absolute Gasteiger partial charge is 0.294 e. The van der Waals surface area contributed by atoms with Gasteiger partial charge in [0.15, 0.2) is 0 Å². The predicted molar refractivity (Wildman–Crippen MR) is 129 cm³/mol. The molecule has 7 heteroatoms. The van der Waals surface area contributed by atoms with Crippen LogP contribution in [0.25, 0.3) is 6.08 Å². The molecule has 1 aliphatic heterocycles. The van der Waals surface area contributed by atoms with E-state index in [4.69, 9.17) is 4.74 Å². The summed E-state index contributed by atoms with van der Waals surface area (Å²) in [5, 5.41) is 2.38. The van der Waals surface area contributed by atoms with Gasteiger partial charge in [0.2, 0.25) is 5.91 Å². The third kappa shape index (κ3) is 5.79. The van der Waals surface area contributed by atoms with Crippen LogP contribution >= 0.6 is 11.8 Å². The van der Waals surface area contributed by atoms with E-state index in [9.17, 15) is 14.4 Å². The number of ether oxygens (including phenoxy) is 1. The number of anilines is 1. The minimum Gasteiger partial charge on any atom is -0.493 e. The lowest BCUT2D eigenvalue weighted by Gasteiger charge is -2.15. The third-order valence-corrected chi connectivity index (χ3v) is 5.79. The Labute approximate surface area is 193 Å². The number of aryl methyl sites for hydroxylation is 3. The van der Waals surface area contributed by atoms with Gasteiger partial charge in [0.1, 0.15) is 12.3 Å². The van der Waals surface area contributed by atoms with Crippen LogP contribution in [0, 0.1) is 26.7 Å². The largest absolute Gasteiger partial charge is 0.493 e. The van der Waals surface area contributed by atoms with Gasteiger partial charge in [-0.2, -0.15) is 0 Å². The van der Waals surface area contributed by atoms with E-state index in [1.54, 1.807) is 6.08 Å². The van der Waals surface area contributed by atoms with Crippen molar-refractivity contribution in [2.75, 3.05) is 18.5 Å². The Hall–Kier alpha value is -3.06. The monoisotopic (exact) mass is 452 g/mol. The molecule has 0 radical (unpaired) electrons. The van der Waals surface area contributed by atoms with Crippen LogP contribution in [-0.4, -0.2) is 35.1 Å². The molecular weight excluding hydrogens is 424 g/mol. The molecule has 1 saturated heterocycles. The first-order valence-corrected chi connectivity index (χ1v) is 11.3. The van der Waals surface area contributed by atoms with E-state index < -0.39 is 17.1 Å². The van der Waals surface area contributed by atoms with Crippen LogP contribution in [0.3, 0.4) is 0 Å². The fourth-order valence-electron chi connectivity index (χ4n) is 3.41.